The molecular formula is C16H19ClN2. The van der Waals surface area contributed by atoms with Gasteiger partial charge in [-0.25, -0.2) is 0 Å². The van der Waals surface area contributed by atoms with Gasteiger partial charge in [0.2, 0.25) is 0 Å². The number of rotatable bonds is 3. The average Bonchev–Trinajstić information content (AvgIpc) is 2.94. The van der Waals surface area contributed by atoms with Crippen molar-refractivity contribution in [1.82, 2.24) is 5.32 Å². The highest BCUT2D eigenvalue weighted by Gasteiger charge is 2.13. The van der Waals surface area contributed by atoms with Crippen LogP contribution in [0.25, 0.3) is 11.1 Å². The van der Waals surface area contributed by atoms with Crippen LogP contribution in [0, 0.1) is 0 Å². The third-order valence-electron chi connectivity index (χ3n) is 3.42. The molecule has 3 rings (SSSR count). The molecule has 100 valence electrons. The minimum absolute atomic E-state index is 0. The molecule has 1 heterocycles. The number of hydrogen-bond donors (Lipinski definition) is 2. The van der Waals surface area contributed by atoms with Crippen LogP contribution < -0.4 is 10.6 Å². The fourth-order valence-electron chi connectivity index (χ4n) is 2.40. The minimum atomic E-state index is 0. The standard InChI is InChI=1S/C16H18N2.ClH/c1-2-4-13(5-3-1)14-6-8-15(9-7-14)18-16-10-11-17-12-16;/h1-9,16-18H,10-12H2;1H. The largest absolute Gasteiger partial charge is 0.381 e. The summed E-state index contributed by atoms with van der Waals surface area (Å²) in [6, 6.07) is 19.8. The van der Waals surface area contributed by atoms with Crippen molar-refractivity contribution in [3.63, 3.8) is 0 Å². The maximum Gasteiger partial charge on any atom is 0.0398 e. The molecule has 1 atom stereocenters. The molecule has 0 saturated carbocycles. The van der Waals surface area contributed by atoms with Crippen molar-refractivity contribution >= 4 is 18.1 Å². The summed E-state index contributed by atoms with van der Waals surface area (Å²) in [5.74, 6) is 0. The molecular weight excluding hydrogens is 256 g/mol. The van der Waals surface area contributed by atoms with Gasteiger partial charge in [0.15, 0.2) is 0 Å². The van der Waals surface area contributed by atoms with Crippen molar-refractivity contribution in [2.75, 3.05) is 18.4 Å². The molecule has 2 N–H and O–H groups in total. The van der Waals surface area contributed by atoms with E-state index in [1.807, 2.05) is 6.07 Å². The van der Waals surface area contributed by atoms with E-state index in [9.17, 15) is 0 Å². The van der Waals surface area contributed by atoms with Gasteiger partial charge >= 0.3 is 0 Å². The van der Waals surface area contributed by atoms with Crippen LogP contribution >= 0.6 is 12.4 Å². The quantitative estimate of drug-likeness (QED) is 0.894. The van der Waals surface area contributed by atoms with E-state index in [1.54, 1.807) is 0 Å². The fraction of sp³-hybridized carbons (Fsp3) is 0.250. The summed E-state index contributed by atoms with van der Waals surface area (Å²) in [6.45, 7) is 2.19. The van der Waals surface area contributed by atoms with Gasteiger partial charge in [0.25, 0.3) is 0 Å². The van der Waals surface area contributed by atoms with E-state index in [-0.39, 0.29) is 12.4 Å². The van der Waals surface area contributed by atoms with Gasteiger partial charge in [-0.05, 0) is 36.2 Å². The molecule has 0 radical (unpaired) electrons. The SMILES string of the molecule is Cl.c1ccc(-c2ccc(NC3CCNC3)cc2)cc1. The molecule has 0 aliphatic carbocycles. The van der Waals surface area contributed by atoms with Crippen molar-refractivity contribution in [3.05, 3.63) is 54.6 Å². The van der Waals surface area contributed by atoms with E-state index in [0.29, 0.717) is 6.04 Å². The molecule has 0 aromatic heterocycles. The van der Waals surface area contributed by atoms with E-state index in [0.717, 1.165) is 13.1 Å². The van der Waals surface area contributed by atoms with Gasteiger partial charge in [0.1, 0.15) is 0 Å². The van der Waals surface area contributed by atoms with Crippen molar-refractivity contribution in [2.45, 2.75) is 12.5 Å². The van der Waals surface area contributed by atoms with Crippen LogP contribution in [0.3, 0.4) is 0 Å². The molecule has 1 fully saturated rings. The first-order chi connectivity index (χ1) is 8.92. The third-order valence-corrected chi connectivity index (χ3v) is 3.42. The molecule has 1 aliphatic rings. The molecule has 19 heavy (non-hydrogen) atoms. The van der Waals surface area contributed by atoms with Crippen LogP contribution in [0.15, 0.2) is 54.6 Å². The first kappa shape index (κ1) is 13.9. The normalized spacial score (nSPS) is 17.8. The Labute approximate surface area is 120 Å². The maximum absolute atomic E-state index is 3.56. The van der Waals surface area contributed by atoms with E-state index < -0.39 is 0 Å². The molecule has 2 aromatic rings. The summed E-state index contributed by atoms with van der Waals surface area (Å²) < 4.78 is 0. The van der Waals surface area contributed by atoms with Crippen LogP contribution in [0.5, 0.6) is 0 Å². The second kappa shape index (κ2) is 6.60. The zero-order valence-electron chi connectivity index (χ0n) is 10.8. The van der Waals surface area contributed by atoms with Gasteiger partial charge in [-0.1, -0.05) is 42.5 Å². The highest BCUT2D eigenvalue weighted by Crippen LogP contribution is 2.21. The molecule has 1 unspecified atom stereocenters. The van der Waals surface area contributed by atoms with E-state index in [2.05, 4.69) is 59.2 Å². The smallest absolute Gasteiger partial charge is 0.0398 e. The summed E-state index contributed by atoms with van der Waals surface area (Å²) in [6.07, 6.45) is 1.21. The summed E-state index contributed by atoms with van der Waals surface area (Å²) in [5.41, 5.74) is 3.75. The number of benzene rings is 2. The monoisotopic (exact) mass is 274 g/mol. The molecule has 0 bridgehead atoms. The fourth-order valence-corrected chi connectivity index (χ4v) is 2.40. The Kier molecular flexibility index (Phi) is 4.83. The number of anilines is 1. The Balaban J connectivity index is 0.00000133. The third kappa shape index (κ3) is 3.49. The van der Waals surface area contributed by atoms with Crippen LogP contribution in [-0.2, 0) is 0 Å². The summed E-state index contributed by atoms with van der Waals surface area (Å²) in [4.78, 5) is 0. The first-order valence-corrected chi connectivity index (χ1v) is 6.54. The van der Waals surface area contributed by atoms with Gasteiger partial charge in [-0.15, -0.1) is 12.4 Å². The molecule has 1 aliphatic heterocycles. The Bertz CT molecular complexity index is 490. The van der Waals surface area contributed by atoms with Gasteiger partial charge in [0.05, 0.1) is 0 Å². The zero-order chi connectivity index (χ0) is 12.2. The lowest BCUT2D eigenvalue weighted by Gasteiger charge is -2.13. The van der Waals surface area contributed by atoms with Crippen LogP contribution in [0.4, 0.5) is 5.69 Å². The Morgan fingerprint density at radius 3 is 2.21 bits per heavy atom. The highest BCUT2D eigenvalue weighted by atomic mass is 35.5. The molecule has 0 spiro atoms. The Morgan fingerprint density at radius 1 is 0.895 bits per heavy atom. The van der Waals surface area contributed by atoms with Crippen molar-refractivity contribution in [2.24, 2.45) is 0 Å². The van der Waals surface area contributed by atoms with E-state index in [4.69, 9.17) is 0 Å². The number of hydrogen-bond acceptors (Lipinski definition) is 2. The maximum atomic E-state index is 3.56. The lowest BCUT2D eigenvalue weighted by atomic mass is 10.1. The van der Waals surface area contributed by atoms with Crippen LogP contribution in [0.1, 0.15) is 6.42 Å². The van der Waals surface area contributed by atoms with Crippen LogP contribution in [0.2, 0.25) is 0 Å². The van der Waals surface area contributed by atoms with Crippen molar-refractivity contribution in [1.29, 1.82) is 0 Å². The van der Waals surface area contributed by atoms with Gasteiger partial charge < -0.3 is 10.6 Å². The molecule has 2 aromatic carbocycles. The predicted octanol–water partition coefficient (Wildman–Crippen LogP) is 3.55. The predicted molar refractivity (Wildman–Crippen MR) is 84.0 cm³/mol. The Morgan fingerprint density at radius 2 is 1.58 bits per heavy atom. The Hall–Kier alpha value is -1.51. The second-order valence-electron chi connectivity index (χ2n) is 4.78. The summed E-state index contributed by atoms with van der Waals surface area (Å²) in [5, 5.41) is 6.92. The lowest BCUT2D eigenvalue weighted by molar-refractivity contribution is 0.793. The number of halogens is 1. The number of nitrogens with one attached hydrogen (secondary N) is 2. The summed E-state index contributed by atoms with van der Waals surface area (Å²) in [7, 11) is 0. The lowest BCUT2D eigenvalue weighted by Crippen LogP contribution is -2.21. The second-order valence-corrected chi connectivity index (χ2v) is 4.78. The first-order valence-electron chi connectivity index (χ1n) is 6.54. The molecule has 1 saturated heterocycles. The minimum Gasteiger partial charge on any atom is -0.381 e. The van der Waals surface area contributed by atoms with E-state index >= 15 is 0 Å². The van der Waals surface area contributed by atoms with Crippen LogP contribution in [-0.4, -0.2) is 19.1 Å². The van der Waals surface area contributed by atoms with Gasteiger partial charge in [0, 0.05) is 18.3 Å². The van der Waals surface area contributed by atoms with Gasteiger partial charge in [-0.3, -0.25) is 0 Å². The zero-order valence-corrected chi connectivity index (χ0v) is 11.6. The molecule has 0 amide bonds. The summed E-state index contributed by atoms with van der Waals surface area (Å²) >= 11 is 0. The molecule has 3 heteroatoms. The van der Waals surface area contributed by atoms with Crippen molar-refractivity contribution in [3.8, 4) is 11.1 Å². The topological polar surface area (TPSA) is 24.1 Å². The van der Waals surface area contributed by atoms with Gasteiger partial charge in [-0.2, -0.15) is 0 Å². The van der Waals surface area contributed by atoms with Crippen molar-refractivity contribution < 1.29 is 0 Å². The van der Waals surface area contributed by atoms with E-state index in [1.165, 1.54) is 23.2 Å². The molecule has 2 nitrogen and oxygen atoms in total. The highest BCUT2D eigenvalue weighted by molar-refractivity contribution is 5.85. The average molecular weight is 275 g/mol.